The number of hydrogen-bond donors (Lipinski definition) is 1. The second kappa shape index (κ2) is 4.82. The summed E-state index contributed by atoms with van der Waals surface area (Å²) in [5, 5.41) is 12.7. The number of ether oxygens (including phenoxy) is 1. The summed E-state index contributed by atoms with van der Waals surface area (Å²) < 4.78 is 6.77. The first-order valence-corrected chi connectivity index (χ1v) is 4.90. The minimum atomic E-state index is -0.909. The van der Waals surface area contributed by atoms with Gasteiger partial charge in [0, 0.05) is 0 Å². The SMILES string of the molecule is CC(C)COc1cnn(C(C)C(=O)O)c1. The minimum Gasteiger partial charge on any atom is -0.490 e. The van der Waals surface area contributed by atoms with Gasteiger partial charge < -0.3 is 9.84 Å². The first-order chi connectivity index (χ1) is 7.00. The highest BCUT2D eigenvalue weighted by Crippen LogP contribution is 2.13. The largest absolute Gasteiger partial charge is 0.490 e. The summed E-state index contributed by atoms with van der Waals surface area (Å²) in [6.07, 6.45) is 3.13. The lowest BCUT2D eigenvalue weighted by Crippen LogP contribution is -2.15. The van der Waals surface area contributed by atoms with Crippen LogP contribution in [0, 0.1) is 5.92 Å². The first-order valence-electron chi connectivity index (χ1n) is 4.90. The molecular formula is C10H16N2O3. The molecule has 0 aliphatic heterocycles. The quantitative estimate of drug-likeness (QED) is 0.804. The third kappa shape index (κ3) is 3.27. The van der Waals surface area contributed by atoms with Gasteiger partial charge in [0.25, 0.3) is 0 Å². The third-order valence-electron chi connectivity index (χ3n) is 1.92. The number of nitrogens with zero attached hydrogens (tertiary/aromatic N) is 2. The molecule has 0 saturated heterocycles. The Labute approximate surface area is 88.7 Å². The Bertz CT molecular complexity index is 333. The van der Waals surface area contributed by atoms with E-state index >= 15 is 0 Å². The fourth-order valence-corrected chi connectivity index (χ4v) is 0.983. The maximum absolute atomic E-state index is 10.7. The van der Waals surface area contributed by atoms with Crippen LogP contribution in [0.15, 0.2) is 12.4 Å². The van der Waals surface area contributed by atoms with E-state index in [1.54, 1.807) is 13.1 Å². The van der Waals surface area contributed by atoms with E-state index in [-0.39, 0.29) is 0 Å². The maximum atomic E-state index is 10.7. The smallest absolute Gasteiger partial charge is 0.328 e. The zero-order chi connectivity index (χ0) is 11.4. The zero-order valence-electron chi connectivity index (χ0n) is 9.17. The monoisotopic (exact) mass is 212 g/mol. The lowest BCUT2D eigenvalue weighted by molar-refractivity contribution is -0.140. The van der Waals surface area contributed by atoms with Gasteiger partial charge in [0.2, 0.25) is 0 Å². The van der Waals surface area contributed by atoms with Crippen molar-refractivity contribution in [2.45, 2.75) is 26.8 Å². The standard InChI is InChI=1S/C10H16N2O3/c1-7(2)6-15-9-4-11-12(5-9)8(3)10(13)14/h4-5,7-8H,6H2,1-3H3,(H,13,14). The highest BCUT2D eigenvalue weighted by atomic mass is 16.5. The number of carboxylic acids is 1. The molecule has 0 amide bonds. The predicted molar refractivity (Wildman–Crippen MR) is 54.9 cm³/mol. The van der Waals surface area contributed by atoms with Crippen LogP contribution < -0.4 is 4.74 Å². The first kappa shape index (κ1) is 11.6. The molecule has 5 heteroatoms. The van der Waals surface area contributed by atoms with Gasteiger partial charge in [0.15, 0.2) is 5.75 Å². The van der Waals surface area contributed by atoms with Crippen LogP contribution in [-0.2, 0) is 4.79 Å². The van der Waals surface area contributed by atoms with Crippen LogP contribution in [0.4, 0.5) is 0 Å². The Morgan fingerprint density at radius 2 is 2.27 bits per heavy atom. The van der Waals surface area contributed by atoms with Crippen LogP contribution in [0.2, 0.25) is 0 Å². The lowest BCUT2D eigenvalue weighted by atomic mass is 10.2. The fraction of sp³-hybridized carbons (Fsp3) is 0.600. The number of hydrogen-bond acceptors (Lipinski definition) is 3. The molecule has 1 heterocycles. The van der Waals surface area contributed by atoms with Crippen LogP contribution >= 0.6 is 0 Å². The third-order valence-corrected chi connectivity index (χ3v) is 1.92. The Hall–Kier alpha value is -1.52. The average molecular weight is 212 g/mol. The van der Waals surface area contributed by atoms with E-state index < -0.39 is 12.0 Å². The Morgan fingerprint density at radius 1 is 1.60 bits per heavy atom. The molecule has 5 nitrogen and oxygen atoms in total. The summed E-state index contributed by atoms with van der Waals surface area (Å²) in [4.78, 5) is 10.7. The molecule has 1 unspecified atom stereocenters. The van der Waals surface area contributed by atoms with E-state index in [0.717, 1.165) is 0 Å². The van der Waals surface area contributed by atoms with E-state index in [1.165, 1.54) is 10.9 Å². The molecule has 0 bridgehead atoms. The van der Waals surface area contributed by atoms with Crippen molar-refractivity contribution in [2.75, 3.05) is 6.61 Å². The normalized spacial score (nSPS) is 12.8. The molecule has 0 fully saturated rings. The highest BCUT2D eigenvalue weighted by Gasteiger charge is 2.14. The van der Waals surface area contributed by atoms with Crippen molar-refractivity contribution in [3.63, 3.8) is 0 Å². The second-order valence-electron chi connectivity index (χ2n) is 3.88. The summed E-state index contributed by atoms with van der Waals surface area (Å²) in [7, 11) is 0. The van der Waals surface area contributed by atoms with Gasteiger partial charge in [-0.1, -0.05) is 13.8 Å². The van der Waals surface area contributed by atoms with E-state index in [4.69, 9.17) is 9.84 Å². The van der Waals surface area contributed by atoms with Crippen LogP contribution in [0.25, 0.3) is 0 Å². The molecule has 1 aromatic rings. The Kier molecular flexibility index (Phi) is 3.71. The predicted octanol–water partition coefficient (Wildman–Crippen LogP) is 1.56. The van der Waals surface area contributed by atoms with Gasteiger partial charge >= 0.3 is 5.97 Å². The molecule has 0 aliphatic carbocycles. The van der Waals surface area contributed by atoms with E-state index in [0.29, 0.717) is 18.3 Å². The summed E-state index contributed by atoms with van der Waals surface area (Å²) in [5.41, 5.74) is 0. The number of rotatable bonds is 5. The van der Waals surface area contributed by atoms with Crippen molar-refractivity contribution < 1.29 is 14.6 Å². The van der Waals surface area contributed by atoms with Crippen molar-refractivity contribution in [1.29, 1.82) is 0 Å². The lowest BCUT2D eigenvalue weighted by Gasteiger charge is -2.06. The fourth-order valence-electron chi connectivity index (χ4n) is 0.983. The topological polar surface area (TPSA) is 64.4 Å². The van der Waals surface area contributed by atoms with Gasteiger partial charge in [-0.2, -0.15) is 5.10 Å². The van der Waals surface area contributed by atoms with Gasteiger partial charge in [-0.15, -0.1) is 0 Å². The van der Waals surface area contributed by atoms with Crippen molar-refractivity contribution in [3.05, 3.63) is 12.4 Å². The summed E-state index contributed by atoms with van der Waals surface area (Å²) >= 11 is 0. The summed E-state index contributed by atoms with van der Waals surface area (Å²) in [5.74, 6) is 0.135. The molecule has 1 rings (SSSR count). The molecule has 0 aromatic carbocycles. The summed E-state index contributed by atoms with van der Waals surface area (Å²) in [6.45, 7) is 6.27. The van der Waals surface area contributed by atoms with Gasteiger partial charge in [0.1, 0.15) is 6.04 Å². The van der Waals surface area contributed by atoms with Crippen molar-refractivity contribution >= 4 is 5.97 Å². The van der Waals surface area contributed by atoms with Gasteiger partial charge in [-0.05, 0) is 12.8 Å². The molecule has 0 spiro atoms. The number of aliphatic carboxylic acids is 1. The van der Waals surface area contributed by atoms with Gasteiger partial charge in [0.05, 0.1) is 19.0 Å². The van der Waals surface area contributed by atoms with Crippen LogP contribution in [0.1, 0.15) is 26.8 Å². The molecule has 0 radical (unpaired) electrons. The van der Waals surface area contributed by atoms with Crippen LogP contribution in [0.3, 0.4) is 0 Å². The molecule has 0 aliphatic rings. The maximum Gasteiger partial charge on any atom is 0.328 e. The van der Waals surface area contributed by atoms with E-state index in [1.807, 2.05) is 13.8 Å². The van der Waals surface area contributed by atoms with Gasteiger partial charge in [-0.3, -0.25) is 4.68 Å². The molecule has 84 valence electrons. The van der Waals surface area contributed by atoms with Crippen molar-refractivity contribution in [1.82, 2.24) is 9.78 Å². The average Bonchev–Trinajstić information content (AvgIpc) is 2.61. The Morgan fingerprint density at radius 3 is 2.80 bits per heavy atom. The second-order valence-corrected chi connectivity index (χ2v) is 3.88. The van der Waals surface area contributed by atoms with E-state index in [2.05, 4.69) is 5.10 Å². The van der Waals surface area contributed by atoms with E-state index in [9.17, 15) is 4.79 Å². The van der Waals surface area contributed by atoms with Crippen molar-refractivity contribution in [2.24, 2.45) is 5.92 Å². The van der Waals surface area contributed by atoms with Crippen LogP contribution in [-0.4, -0.2) is 27.5 Å². The minimum absolute atomic E-state index is 0.435. The Balaban J connectivity index is 2.60. The molecule has 1 N–H and O–H groups in total. The zero-order valence-corrected chi connectivity index (χ0v) is 9.17. The number of carboxylic acid groups (broad SMARTS) is 1. The number of carbonyl (C=O) groups is 1. The van der Waals surface area contributed by atoms with Gasteiger partial charge in [-0.25, -0.2) is 4.79 Å². The molecule has 1 atom stereocenters. The molecular weight excluding hydrogens is 196 g/mol. The molecule has 15 heavy (non-hydrogen) atoms. The summed E-state index contributed by atoms with van der Waals surface area (Å²) in [6, 6.07) is -0.665. The number of aromatic nitrogens is 2. The molecule has 1 aromatic heterocycles. The van der Waals surface area contributed by atoms with Crippen molar-refractivity contribution in [3.8, 4) is 5.75 Å². The molecule has 0 saturated carbocycles. The van der Waals surface area contributed by atoms with Crippen LogP contribution in [0.5, 0.6) is 5.75 Å². The highest BCUT2D eigenvalue weighted by molar-refractivity contribution is 5.71.